The molecule has 0 aliphatic rings. The van der Waals surface area contributed by atoms with Crippen molar-refractivity contribution < 1.29 is 14.1 Å². The van der Waals surface area contributed by atoms with Crippen molar-refractivity contribution in [3.63, 3.8) is 0 Å². The zero-order valence-electron chi connectivity index (χ0n) is 14.5. The lowest BCUT2D eigenvalue weighted by Crippen LogP contribution is -2.25. The lowest BCUT2D eigenvalue weighted by molar-refractivity contribution is -0.121. The number of amides is 1. The van der Waals surface area contributed by atoms with E-state index in [4.69, 9.17) is 9.26 Å². The van der Waals surface area contributed by atoms with Gasteiger partial charge in [-0.1, -0.05) is 23.4 Å². The number of methoxy groups -OCH3 is 1. The van der Waals surface area contributed by atoms with Crippen LogP contribution in [0.4, 0.5) is 0 Å². The van der Waals surface area contributed by atoms with E-state index in [1.165, 1.54) is 0 Å². The summed E-state index contributed by atoms with van der Waals surface area (Å²) >= 11 is 0. The summed E-state index contributed by atoms with van der Waals surface area (Å²) in [5, 5.41) is 6.79. The van der Waals surface area contributed by atoms with E-state index in [1.807, 2.05) is 36.4 Å². The molecule has 0 unspecified atom stereocenters. The molecule has 2 heterocycles. The molecule has 3 aromatic rings. The number of carbonyl (C=O) groups is 1. The Morgan fingerprint density at radius 3 is 2.73 bits per heavy atom. The number of carbonyl (C=O) groups excluding carboxylic acids is 1. The van der Waals surface area contributed by atoms with E-state index in [9.17, 15) is 4.79 Å². The molecular formula is C19H20N4O3. The fourth-order valence-corrected chi connectivity index (χ4v) is 2.40. The van der Waals surface area contributed by atoms with Crippen molar-refractivity contribution in [2.45, 2.75) is 19.3 Å². The van der Waals surface area contributed by atoms with Crippen LogP contribution in [0, 0.1) is 0 Å². The molecule has 0 atom stereocenters. The Balaban J connectivity index is 1.40. The van der Waals surface area contributed by atoms with Gasteiger partial charge < -0.3 is 14.6 Å². The second kappa shape index (κ2) is 8.75. The van der Waals surface area contributed by atoms with Crippen LogP contribution in [0.1, 0.15) is 17.9 Å². The first-order valence-corrected chi connectivity index (χ1v) is 8.38. The first kappa shape index (κ1) is 17.6. The van der Waals surface area contributed by atoms with Crippen LogP contribution in [0.5, 0.6) is 5.75 Å². The number of benzene rings is 1. The molecule has 7 nitrogen and oxygen atoms in total. The summed E-state index contributed by atoms with van der Waals surface area (Å²) in [6.45, 7) is 0.578. The van der Waals surface area contributed by atoms with Crippen molar-refractivity contribution in [3.05, 3.63) is 60.1 Å². The molecule has 1 N–H and O–H groups in total. The van der Waals surface area contributed by atoms with Gasteiger partial charge in [0.25, 0.3) is 0 Å². The summed E-state index contributed by atoms with van der Waals surface area (Å²) in [6.07, 6.45) is 3.13. The molecule has 3 rings (SSSR count). The fraction of sp³-hybridized carbons (Fsp3) is 0.263. The molecular weight excluding hydrogens is 332 g/mol. The van der Waals surface area contributed by atoms with E-state index >= 15 is 0 Å². The minimum absolute atomic E-state index is 0.0453. The predicted octanol–water partition coefficient (Wildman–Crippen LogP) is 2.43. The summed E-state index contributed by atoms with van der Waals surface area (Å²) in [4.78, 5) is 20.4. The number of rotatable bonds is 8. The van der Waals surface area contributed by atoms with Gasteiger partial charge >= 0.3 is 0 Å². The SMILES string of the molecule is COc1ccc(CCNC(=O)CCc2nc(-c3ccccn3)no2)cc1. The number of nitrogens with zero attached hydrogens (tertiary/aromatic N) is 3. The van der Waals surface area contributed by atoms with E-state index < -0.39 is 0 Å². The van der Waals surface area contributed by atoms with Crippen molar-refractivity contribution in [3.8, 4) is 17.3 Å². The van der Waals surface area contributed by atoms with Crippen LogP contribution in [0.15, 0.2) is 53.2 Å². The molecule has 0 aliphatic carbocycles. The van der Waals surface area contributed by atoms with Gasteiger partial charge in [-0.15, -0.1) is 0 Å². The third kappa shape index (κ3) is 4.89. The molecule has 0 saturated heterocycles. The molecule has 26 heavy (non-hydrogen) atoms. The van der Waals surface area contributed by atoms with Gasteiger partial charge in [-0.3, -0.25) is 9.78 Å². The minimum atomic E-state index is -0.0453. The number of aryl methyl sites for hydroxylation is 1. The van der Waals surface area contributed by atoms with Gasteiger partial charge in [0.05, 0.1) is 7.11 Å². The normalized spacial score (nSPS) is 10.5. The number of pyridine rings is 1. The molecule has 1 amide bonds. The van der Waals surface area contributed by atoms with E-state index in [1.54, 1.807) is 19.4 Å². The molecule has 0 spiro atoms. The number of nitrogens with one attached hydrogen (secondary N) is 1. The second-order valence-electron chi connectivity index (χ2n) is 5.67. The van der Waals surface area contributed by atoms with Crippen LogP contribution < -0.4 is 10.1 Å². The topological polar surface area (TPSA) is 90.1 Å². The summed E-state index contributed by atoms with van der Waals surface area (Å²) in [5.41, 5.74) is 1.79. The molecule has 2 aromatic heterocycles. The van der Waals surface area contributed by atoms with E-state index in [0.717, 1.165) is 17.7 Å². The maximum absolute atomic E-state index is 12.0. The van der Waals surface area contributed by atoms with E-state index in [2.05, 4.69) is 20.4 Å². The lowest BCUT2D eigenvalue weighted by atomic mass is 10.1. The lowest BCUT2D eigenvalue weighted by Gasteiger charge is -2.05. The Morgan fingerprint density at radius 1 is 1.15 bits per heavy atom. The van der Waals surface area contributed by atoms with Crippen molar-refractivity contribution in [1.29, 1.82) is 0 Å². The summed E-state index contributed by atoms with van der Waals surface area (Å²) in [6, 6.07) is 13.3. The summed E-state index contributed by atoms with van der Waals surface area (Å²) < 4.78 is 10.3. The number of hydrogen-bond donors (Lipinski definition) is 1. The van der Waals surface area contributed by atoms with Gasteiger partial charge in [0.15, 0.2) is 0 Å². The molecule has 0 bridgehead atoms. The fourth-order valence-electron chi connectivity index (χ4n) is 2.40. The van der Waals surface area contributed by atoms with Crippen LogP contribution in [-0.2, 0) is 17.6 Å². The van der Waals surface area contributed by atoms with E-state index in [-0.39, 0.29) is 5.91 Å². The third-order valence-electron chi connectivity index (χ3n) is 3.82. The van der Waals surface area contributed by atoms with Crippen LogP contribution in [0.25, 0.3) is 11.5 Å². The average molecular weight is 352 g/mol. The van der Waals surface area contributed by atoms with Crippen LogP contribution in [0.2, 0.25) is 0 Å². The maximum Gasteiger partial charge on any atom is 0.227 e. The first-order chi connectivity index (χ1) is 12.7. The Morgan fingerprint density at radius 2 is 2.00 bits per heavy atom. The zero-order chi connectivity index (χ0) is 18.2. The molecule has 0 saturated carbocycles. The van der Waals surface area contributed by atoms with Crippen LogP contribution in [0.3, 0.4) is 0 Å². The van der Waals surface area contributed by atoms with Gasteiger partial charge in [0.1, 0.15) is 11.4 Å². The van der Waals surface area contributed by atoms with Gasteiger partial charge in [-0.2, -0.15) is 4.98 Å². The van der Waals surface area contributed by atoms with Crippen molar-refractivity contribution in [2.24, 2.45) is 0 Å². The van der Waals surface area contributed by atoms with Gasteiger partial charge in [-0.25, -0.2) is 0 Å². The number of aromatic nitrogens is 3. The monoisotopic (exact) mass is 352 g/mol. The van der Waals surface area contributed by atoms with Gasteiger partial charge in [0.2, 0.25) is 17.6 Å². The summed E-state index contributed by atoms with van der Waals surface area (Å²) in [5.74, 6) is 1.63. The Labute approximate surface area is 151 Å². The Bertz CT molecular complexity index is 832. The second-order valence-corrected chi connectivity index (χ2v) is 5.67. The Kier molecular flexibility index (Phi) is 5.92. The third-order valence-corrected chi connectivity index (χ3v) is 3.82. The maximum atomic E-state index is 12.0. The largest absolute Gasteiger partial charge is 0.497 e. The molecule has 1 aromatic carbocycles. The molecule has 0 fully saturated rings. The highest BCUT2D eigenvalue weighted by molar-refractivity contribution is 5.76. The number of ether oxygens (including phenoxy) is 1. The molecule has 7 heteroatoms. The average Bonchev–Trinajstić information content (AvgIpc) is 3.17. The quantitative estimate of drug-likeness (QED) is 0.670. The molecule has 134 valence electrons. The van der Waals surface area contributed by atoms with Crippen molar-refractivity contribution in [2.75, 3.05) is 13.7 Å². The first-order valence-electron chi connectivity index (χ1n) is 8.38. The highest BCUT2D eigenvalue weighted by atomic mass is 16.5. The highest BCUT2D eigenvalue weighted by Gasteiger charge is 2.11. The standard InChI is InChI=1S/C19H20N4O3/c1-25-15-7-5-14(6-8-15)11-13-21-17(24)9-10-18-22-19(23-26-18)16-4-2-3-12-20-16/h2-8,12H,9-11,13H2,1H3,(H,21,24). The zero-order valence-corrected chi connectivity index (χ0v) is 14.5. The van der Waals surface area contributed by atoms with E-state index in [0.29, 0.717) is 36.8 Å². The molecule has 0 aliphatic heterocycles. The minimum Gasteiger partial charge on any atom is -0.497 e. The van der Waals surface area contributed by atoms with Gasteiger partial charge in [-0.05, 0) is 36.2 Å². The Hall–Kier alpha value is -3.22. The van der Waals surface area contributed by atoms with Crippen molar-refractivity contribution in [1.82, 2.24) is 20.4 Å². The molecule has 0 radical (unpaired) electrons. The van der Waals surface area contributed by atoms with Crippen molar-refractivity contribution >= 4 is 5.91 Å². The highest BCUT2D eigenvalue weighted by Crippen LogP contribution is 2.13. The number of hydrogen-bond acceptors (Lipinski definition) is 6. The van der Waals surface area contributed by atoms with Gasteiger partial charge in [0, 0.05) is 25.6 Å². The van der Waals surface area contributed by atoms with Crippen LogP contribution in [-0.4, -0.2) is 34.7 Å². The van der Waals surface area contributed by atoms with Crippen LogP contribution >= 0.6 is 0 Å². The predicted molar refractivity (Wildman–Crippen MR) is 95.6 cm³/mol. The summed E-state index contributed by atoms with van der Waals surface area (Å²) in [7, 11) is 1.64. The smallest absolute Gasteiger partial charge is 0.227 e.